The fourth-order valence-corrected chi connectivity index (χ4v) is 2.51. The Balaban J connectivity index is 1.73. The summed E-state index contributed by atoms with van der Waals surface area (Å²) in [6.07, 6.45) is 5.85. The molecule has 8 heteroatoms. The predicted molar refractivity (Wildman–Crippen MR) is 76.1 cm³/mol. The molecule has 20 heavy (non-hydrogen) atoms. The van der Waals surface area contributed by atoms with Gasteiger partial charge in [-0.25, -0.2) is 4.68 Å². The third-order valence-corrected chi connectivity index (χ3v) is 3.64. The Bertz CT molecular complexity index is 571. The lowest BCUT2D eigenvalue weighted by Crippen LogP contribution is -2.32. The number of halogens is 1. The molecule has 106 valence electrons. The van der Waals surface area contributed by atoms with Crippen LogP contribution >= 0.6 is 11.6 Å². The third kappa shape index (κ3) is 2.88. The summed E-state index contributed by atoms with van der Waals surface area (Å²) < 4.78 is 1.56. The van der Waals surface area contributed by atoms with Crippen molar-refractivity contribution in [1.82, 2.24) is 29.6 Å². The molecule has 1 unspecified atom stereocenters. The van der Waals surface area contributed by atoms with Crippen molar-refractivity contribution in [3.63, 3.8) is 0 Å². The van der Waals surface area contributed by atoms with E-state index in [1.165, 1.54) is 12.8 Å². The zero-order valence-electron chi connectivity index (χ0n) is 11.2. The van der Waals surface area contributed by atoms with Gasteiger partial charge in [0.2, 0.25) is 11.2 Å². The number of nitrogens with zero attached hydrogens (tertiary/aromatic N) is 6. The van der Waals surface area contributed by atoms with E-state index in [1.54, 1.807) is 23.1 Å². The van der Waals surface area contributed by atoms with Gasteiger partial charge in [0.1, 0.15) is 0 Å². The first-order chi connectivity index (χ1) is 9.72. The summed E-state index contributed by atoms with van der Waals surface area (Å²) >= 11 is 5.94. The Labute approximate surface area is 122 Å². The van der Waals surface area contributed by atoms with Crippen molar-refractivity contribution in [2.45, 2.75) is 18.9 Å². The summed E-state index contributed by atoms with van der Waals surface area (Å²) in [5.41, 5.74) is 0. The molecule has 0 amide bonds. The number of hydrogen-bond acceptors (Lipinski definition) is 6. The van der Waals surface area contributed by atoms with Crippen molar-refractivity contribution in [1.29, 1.82) is 0 Å². The fraction of sp³-hybridized carbons (Fsp3) is 0.500. The maximum Gasteiger partial charge on any atom is 0.256 e. The predicted octanol–water partition coefficient (Wildman–Crippen LogP) is 1.22. The SMILES string of the molecule is CN1CCCC1CNc1nc(Cl)nc(-n2cccn2)n1. The molecule has 2 aromatic rings. The number of rotatable bonds is 4. The van der Waals surface area contributed by atoms with Gasteiger partial charge in [-0.15, -0.1) is 0 Å². The van der Waals surface area contributed by atoms with Crippen LogP contribution in [0.5, 0.6) is 0 Å². The lowest BCUT2D eigenvalue weighted by molar-refractivity contribution is 0.322. The molecule has 3 rings (SSSR count). The average molecular weight is 294 g/mol. The molecule has 0 aliphatic carbocycles. The summed E-state index contributed by atoms with van der Waals surface area (Å²) in [4.78, 5) is 14.8. The molecule has 7 nitrogen and oxygen atoms in total. The standard InChI is InChI=1S/C12H16ClN7/c1-19-6-2-4-9(19)8-14-11-16-10(13)17-12(18-11)20-7-3-5-15-20/h3,5,7,9H,2,4,6,8H2,1H3,(H,14,16,17,18). The van der Waals surface area contributed by atoms with Crippen LogP contribution < -0.4 is 5.32 Å². The number of likely N-dealkylation sites (N-methyl/N-ethyl adjacent to an activating group) is 1. The Morgan fingerprint density at radius 3 is 3.00 bits per heavy atom. The summed E-state index contributed by atoms with van der Waals surface area (Å²) in [6.45, 7) is 1.94. The van der Waals surface area contributed by atoms with Gasteiger partial charge in [0.15, 0.2) is 0 Å². The number of hydrogen-bond donors (Lipinski definition) is 1. The van der Waals surface area contributed by atoms with E-state index in [0.717, 1.165) is 13.1 Å². The highest BCUT2D eigenvalue weighted by Gasteiger charge is 2.20. The van der Waals surface area contributed by atoms with Crippen molar-refractivity contribution >= 4 is 17.5 Å². The van der Waals surface area contributed by atoms with Gasteiger partial charge in [-0.3, -0.25) is 0 Å². The maximum atomic E-state index is 5.94. The molecule has 2 aromatic heterocycles. The molecular formula is C12H16ClN7. The fourth-order valence-electron chi connectivity index (χ4n) is 2.35. The first kappa shape index (κ1) is 13.3. The van der Waals surface area contributed by atoms with Gasteiger partial charge in [0, 0.05) is 25.0 Å². The molecule has 1 N–H and O–H groups in total. The van der Waals surface area contributed by atoms with E-state index in [9.17, 15) is 0 Å². The molecule has 3 heterocycles. The lowest BCUT2D eigenvalue weighted by Gasteiger charge is -2.19. The molecule has 0 spiro atoms. The number of nitrogens with one attached hydrogen (secondary N) is 1. The van der Waals surface area contributed by atoms with E-state index in [2.05, 4.69) is 37.3 Å². The monoisotopic (exact) mass is 293 g/mol. The Morgan fingerprint density at radius 2 is 2.30 bits per heavy atom. The van der Waals surface area contributed by atoms with E-state index in [1.807, 2.05) is 0 Å². The number of anilines is 1. The summed E-state index contributed by atoms with van der Waals surface area (Å²) in [6, 6.07) is 2.32. The van der Waals surface area contributed by atoms with E-state index in [-0.39, 0.29) is 5.28 Å². The van der Waals surface area contributed by atoms with Crippen LogP contribution in [0.25, 0.3) is 5.95 Å². The van der Waals surface area contributed by atoms with Crippen LogP contribution in [0.4, 0.5) is 5.95 Å². The van der Waals surface area contributed by atoms with Crippen molar-refractivity contribution in [3.8, 4) is 5.95 Å². The second kappa shape index (κ2) is 5.72. The van der Waals surface area contributed by atoms with Crippen LogP contribution in [0, 0.1) is 0 Å². The molecular weight excluding hydrogens is 278 g/mol. The highest BCUT2D eigenvalue weighted by molar-refractivity contribution is 6.28. The Kier molecular flexibility index (Phi) is 3.79. The van der Waals surface area contributed by atoms with Crippen molar-refractivity contribution in [3.05, 3.63) is 23.7 Å². The average Bonchev–Trinajstić information content (AvgIpc) is 3.07. The molecule has 1 aliphatic heterocycles. The first-order valence-corrected chi connectivity index (χ1v) is 6.96. The molecule has 1 atom stereocenters. The largest absolute Gasteiger partial charge is 0.352 e. The van der Waals surface area contributed by atoms with Gasteiger partial charge in [-0.1, -0.05) is 0 Å². The molecule has 1 aliphatic rings. The molecule has 0 radical (unpaired) electrons. The number of aromatic nitrogens is 5. The van der Waals surface area contributed by atoms with Gasteiger partial charge in [0.25, 0.3) is 5.95 Å². The molecule has 1 fully saturated rings. The van der Waals surface area contributed by atoms with E-state index in [4.69, 9.17) is 11.6 Å². The van der Waals surface area contributed by atoms with Crippen molar-refractivity contribution < 1.29 is 0 Å². The first-order valence-electron chi connectivity index (χ1n) is 6.58. The third-order valence-electron chi connectivity index (χ3n) is 3.47. The topological polar surface area (TPSA) is 71.8 Å². The van der Waals surface area contributed by atoms with Crippen LogP contribution in [0.2, 0.25) is 5.28 Å². The Hall–Kier alpha value is -1.73. The molecule has 0 bridgehead atoms. The summed E-state index contributed by atoms with van der Waals surface area (Å²) in [5, 5.41) is 7.48. The molecule has 0 saturated carbocycles. The maximum absolute atomic E-state index is 5.94. The lowest BCUT2D eigenvalue weighted by atomic mass is 10.2. The van der Waals surface area contributed by atoms with Gasteiger partial charge >= 0.3 is 0 Å². The van der Waals surface area contributed by atoms with E-state index >= 15 is 0 Å². The van der Waals surface area contributed by atoms with E-state index in [0.29, 0.717) is 17.9 Å². The van der Waals surface area contributed by atoms with Gasteiger partial charge in [-0.2, -0.15) is 20.1 Å². The minimum atomic E-state index is 0.160. The number of likely N-dealkylation sites (tertiary alicyclic amines) is 1. The minimum Gasteiger partial charge on any atom is -0.352 e. The quantitative estimate of drug-likeness (QED) is 0.914. The van der Waals surface area contributed by atoms with Crippen molar-refractivity contribution in [2.24, 2.45) is 0 Å². The zero-order valence-corrected chi connectivity index (χ0v) is 12.0. The molecule has 0 aromatic carbocycles. The van der Waals surface area contributed by atoms with Gasteiger partial charge < -0.3 is 10.2 Å². The molecule has 1 saturated heterocycles. The van der Waals surface area contributed by atoms with Crippen LogP contribution in [-0.2, 0) is 0 Å². The van der Waals surface area contributed by atoms with E-state index < -0.39 is 0 Å². The normalized spacial score (nSPS) is 19.4. The highest BCUT2D eigenvalue weighted by Crippen LogP contribution is 2.15. The second-order valence-electron chi connectivity index (χ2n) is 4.84. The summed E-state index contributed by atoms with van der Waals surface area (Å²) in [5.74, 6) is 0.896. The summed E-state index contributed by atoms with van der Waals surface area (Å²) in [7, 11) is 2.13. The second-order valence-corrected chi connectivity index (χ2v) is 5.17. The Morgan fingerprint density at radius 1 is 1.40 bits per heavy atom. The van der Waals surface area contributed by atoms with Crippen LogP contribution in [-0.4, -0.2) is 55.8 Å². The smallest absolute Gasteiger partial charge is 0.256 e. The van der Waals surface area contributed by atoms with Crippen LogP contribution in [0.1, 0.15) is 12.8 Å². The minimum absolute atomic E-state index is 0.160. The van der Waals surface area contributed by atoms with Gasteiger partial charge in [0.05, 0.1) is 0 Å². The van der Waals surface area contributed by atoms with Crippen molar-refractivity contribution in [2.75, 3.05) is 25.5 Å². The van der Waals surface area contributed by atoms with Gasteiger partial charge in [-0.05, 0) is 44.1 Å². The zero-order chi connectivity index (χ0) is 13.9. The van der Waals surface area contributed by atoms with Crippen LogP contribution in [0.3, 0.4) is 0 Å². The highest BCUT2D eigenvalue weighted by atomic mass is 35.5. The van der Waals surface area contributed by atoms with Crippen LogP contribution in [0.15, 0.2) is 18.5 Å².